The molecule has 118 valence electrons. The molecule has 2 aromatic rings. The summed E-state index contributed by atoms with van der Waals surface area (Å²) in [6, 6.07) is 9.03. The predicted molar refractivity (Wildman–Crippen MR) is 86.2 cm³/mol. The topological polar surface area (TPSA) is 95.5 Å². The fourth-order valence-corrected chi connectivity index (χ4v) is 4.23. The Morgan fingerprint density at radius 1 is 0.773 bits per heavy atom. The van der Waals surface area contributed by atoms with Gasteiger partial charge in [0.1, 0.15) is 0 Å². The first-order valence-electron chi connectivity index (χ1n) is 5.78. The zero-order chi connectivity index (χ0) is 16.3. The minimum atomic E-state index is -1.10. The highest BCUT2D eigenvalue weighted by atomic mass is 35.5. The van der Waals surface area contributed by atoms with Crippen LogP contribution in [0.3, 0.4) is 0 Å². The number of halogens is 2. The van der Waals surface area contributed by atoms with Crippen molar-refractivity contribution in [2.45, 2.75) is 9.79 Å². The molecule has 0 aromatic heterocycles. The van der Waals surface area contributed by atoms with Crippen LogP contribution < -0.4 is 10.5 Å². The van der Waals surface area contributed by atoms with Gasteiger partial charge in [0.2, 0.25) is 0 Å². The minimum absolute atomic E-state index is 0.0656. The van der Waals surface area contributed by atoms with Crippen LogP contribution >= 0.6 is 44.8 Å². The van der Waals surface area contributed by atoms with Gasteiger partial charge in [-0.05, 0) is 45.9 Å². The lowest BCUT2D eigenvalue weighted by Gasteiger charge is -2.17. The van der Waals surface area contributed by atoms with Gasteiger partial charge in [-0.3, -0.25) is 0 Å². The molecular formula is C12H10Cl2N2O4S2. The van der Waals surface area contributed by atoms with E-state index in [9.17, 15) is 20.8 Å². The van der Waals surface area contributed by atoms with Gasteiger partial charge < -0.3 is 10.4 Å². The number of benzene rings is 2. The predicted octanol–water partition coefficient (Wildman–Crippen LogP) is 2.60. The van der Waals surface area contributed by atoms with E-state index in [1.54, 1.807) is 24.3 Å². The number of nitrogens with one attached hydrogen (secondary N) is 2. The molecule has 0 bridgehead atoms. The Labute approximate surface area is 143 Å². The molecule has 6 nitrogen and oxygen atoms in total. The van der Waals surface area contributed by atoms with Crippen molar-refractivity contribution in [3.8, 4) is 0 Å². The van der Waals surface area contributed by atoms with Gasteiger partial charge in [-0.25, -0.2) is 10.4 Å². The van der Waals surface area contributed by atoms with Crippen LogP contribution in [-0.2, 0) is 0 Å². The van der Waals surface area contributed by atoms with E-state index in [0.29, 0.717) is 19.8 Å². The first-order valence-corrected chi connectivity index (χ1v) is 8.69. The first-order chi connectivity index (χ1) is 10.4. The molecule has 0 amide bonds. The molecule has 0 saturated carbocycles. The molecule has 2 unspecified atom stereocenters. The zero-order valence-corrected chi connectivity index (χ0v) is 13.9. The molecule has 2 aromatic carbocycles. The normalized spacial score (nSPS) is 13.9. The van der Waals surface area contributed by atoms with Crippen molar-refractivity contribution < 1.29 is 20.9 Å². The molecule has 0 radical (unpaired) electrons. The van der Waals surface area contributed by atoms with E-state index in [0.717, 1.165) is 21.6 Å². The van der Waals surface area contributed by atoms with Crippen LogP contribution in [0.2, 0.25) is 10.0 Å². The number of quaternary nitrogens is 2. The van der Waals surface area contributed by atoms with Gasteiger partial charge in [0.25, 0.3) is 0 Å². The third-order valence-electron chi connectivity index (χ3n) is 2.57. The maximum atomic E-state index is 11.2. The van der Waals surface area contributed by atoms with Crippen LogP contribution in [0.15, 0.2) is 46.2 Å². The molecule has 2 rings (SSSR count). The minimum Gasteiger partial charge on any atom is -0.595 e. The molecule has 0 heterocycles. The van der Waals surface area contributed by atoms with Gasteiger partial charge in [0, 0.05) is 22.2 Å². The second-order valence-electron chi connectivity index (χ2n) is 4.06. The number of hydrogen-bond donors (Lipinski definition) is 4. The molecule has 0 fully saturated rings. The summed E-state index contributed by atoms with van der Waals surface area (Å²) in [4.78, 5) is 0.960. The maximum Gasteiger partial charge on any atom is 0.179 e. The molecule has 2 atom stereocenters. The summed E-state index contributed by atoms with van der Waals surface area (Å²) >= 11 is 11.6. The highest BCUT2D eigenvalue weighted by molar-refractivity contribution is 8.76. The van der Waals surface area contributed by atoms with Crippen molar-refractivity contribution in [1.29, 1.82) is 0 Å². The average Bonchev–Trinajstić information content (AvgIpc) is 2.46. The molecule has 0 saturated heterocycles. The van der Waals surface area contributed by atoms with E-state index in [4.69, 9.17) is 23.2 Å². The van der Waals surface area contributed by atoms with Gasteiger partial charge in [-0.15, -0.1) is 0 Å². The van der Waals surface area contributed by atoms with Gasteiger partial charge in [0.15, 0.2) is 11.4 Å². The van der Waals surface area contributed by atoms with Crippen LogP contribution in [-0.4, -0.2) is 10.4 Å². The Kier molecular flexibility index (Phi) is 6.36. The van der Waals surface area contributed by atoms with Crippen molar-refractivity contribution in [3.05, 3.63) is 56.9 Å². The van der Waals surface area contributed by atoms with Gasteiger partial charge in [-0.1, -0.05) is 23.2 Å². The smallest absolute Gasteiger partial charge is 0.179 e. The van der Waals surface area contributed by atoms with Crippen molar-refractivity contribution in [2.75, 3.05) is 0 Å². The number of hydrogen-bond acceptors (Lipinski definition) is 6. The lowest BCUT2D eigenvalue weighted by molar-refractivity contribution is -0.992. The number of rotatable bonds is 5. The van der Waals surface area contributed by atoms with E-state index >= 15 is 0 Å². The zero-order valence-electron chi connectivity index (χ0n) is 10.7. The fourth-order valence-electron chi connectivity index (χ4n) is 1.57. The second kappa shape index (κ2) is 7.84. The van der Waals surface area contributed by atoms with Crippen molar-refractivity contribution in [2.24, 2.45) is 0 Å². The molecule has 0 aliphatic carbocycles. The fraction of sp³-hybridized carbons (Fsp3) is 0. The molecule has 0 spiro atoms. The molecule has 0 aliphatic heterocycles. The van der Waals surface area contributed by atoms with E-state index < -0.39 is 10.5 Å². The van der Waals surface area contributed by atoms with E-state index in [-0.39, 0.29) is 11.4 Å². The Bertz CT molecular complexity index is 616. The third kappa shape index (κ3) is 4.49. The summed E-state index contributed by atoms with van der Waals surface area (Å²) in [6.45, 7) is 0. The Morgan fingerprint density at radius 3 is 1.45 bits per heavy atom. The second-order valence-corrected chi connectivity index (χ2v) is 7.14. The monoisotopic (exact) mass is 380 g/mol. The lowest BCUT2D eigenvalue weighted by atomic mass is 10.3. The standard InChI is InChI=1S/C12H10Cl2N2O4S2/c13-7-1-3-11(9(5-7)15(17)18)21-22-12-4-2-8(14)6-10(12)16(19)20/h1-6,15-17,19H. The quantitative estimate of drug-likeness (QED) is 0.470. The van der Waals surface area contributed by atoms with Crippen LogP contribution in [0, 0.1) is 10.4 Å². The van der Waals surface area contributed by atoms with Crippen LogP contribution in [0.25, 0.3) is 0 Å². The van der Waals surface area contributed by atoms with Crippen molar-refractivity contribution in [1.82, 2.24) is 0 Å². The van der Waals surface area contributed by atoms with Gasteiger partial charge in [-0.2, -0.15) is 10.5 Å². The van der Waals surface area contributed by atoms with Gasteiger partial charge in [0.05, 0.1) is 9.79 Å². The summed E-state index contributed by atoms with van der Waals surface area (Å²) in [5.74, 6) is 0. The molecule has 22 heavy (non-hydrogen) atoms. The van der Waals surface area contributed by atoms with Crippen LogP contribution in [0.5, 0.6) is 0 Å². The molecule has 0 aliphatic rings. The van der Waals surface area contributed by atoms with E-state index in [1.807, 2.05) is 0 Å². The van der Waals surface area contributed by atoms with Crippen molar-refractivity contribution in [3.63, 3.8) is 0 Å². The maximum absolute atomic E-state index is 11.2. The summed E-state index contributed by atoms with van der Waals surface area (Å²) in [5.41, 5.74) is 0.131. The third-order valence-corrected chi connectivity index (χ3v) is 5.52. The highest BCUT2D eigenvalue weighted by Crippen LogP contribution is 2.43. The summed E-state index contributed by atoms with van der Waals surface area (Å²) < 4.78 is 0. The Morgan fingerprint density at radius 2 is 1.14 bits per heavy atom. The summed E-state index contributed by atoms with van der Waals surface area (Å²) in [5, 5.41) is 39.2. The lowest BCUT2D eigenvalue weighted by Crippen LogP contribution is -2.99. The average molecular weight is 381 g/mol. The van der Waals surface area contributed by atoms with Crippen LogP contribution in [0.4, 0.5) is 11.4 Å². The van der Waals surface area contributed by atoms with Crippen molar-refractivity contribution >= 4 is 56.2 Å². The first kappa shape index (κ1) is 17.8. The molecule has 10 heteroatoms. The van der Waals surface area contributed by atoms with E-state index in [2.05, 4.69) is 0 Å². The summed E-state index contributed by atoms with van der Waals surface area (Å²) in [7, 11) is 2.29. The Balaban J connectivity index is 2.24. The van der Waals surface area contributed by atoms with Crippen LogP contribution in [0.1, 0.15) is 0 Å². The highest BCUT2D eigenvalue weighted by Gasteiger charge is 2.15. The molecular weight excluding hydrogens is 371 g/mol. The SMILES string of the molecule is [O-][NH+](O)c1cc(Cl)ccc1SSc1ccc(Cl)cc1[NH+]([O-])O. The molecule has 4 N–H and O–H groups in total. The summed E-state index contributed by atoms with van der Waals surface area (Å²) in [6.07, 6.45) is 0. The van der Waals surface area contributed by atoms with Gasteiger partial charge >= 0.3 is 0 Å². The van der Waals surface area contributed by atoms with E-state index in [1.165, 1.54) is 12.1 Å². The largest absolute Gasteiger partial charge is 0.595 e. The Hall–Kier alpha value is -0.520.